The number of benzene rings is 1. The molecule has 0 spiro atoms. The van der Waals surface area contributed by atoms with E-state index >= 15 is 0 Å². The molecule has 0 saturated heterocycles. The van der Waals surface area contributed by atoms with Gasteiger partial charge < -0.3 is 9.47 Å². The lowest BCUT2D eigenvalue weighted by molar-refractivity contribution is -0.121. The monoisotopic (exact) mass is 264 g/mol. The number of hydrogen-bond acceptors (Lipinski definition) is 4. The van der Waals surface area contributed by atoms with E-state index in [2.05, 4.69) is 10.5 Å². The van der Waals surface area contributed by atoms with Gasteiger partial charge in [-0.3, -0.25) is 4.79 Å². The Balaban J connectivity index is 2.59. The quantitative estimate of drug-likeness (QED) is 0.607. The Labute approximate surface area is 113 Å². The van der Waals surface area contributed by atoms with Gasteiger partial charge in [-0.25, -0.2) is 5.43 Å². The Morgan fingerprint density at radius 2 is 2.05 bits per heavy atom. The molecule has 0 radical (unpaired) electrons. The molecule has 5 heteroatoms. The molecule has 0 saturated carbocycles. The maximum Gasteiger partial charge on any atom is 0.240 e. The minimum absolute atomic E-state index is 0.0708. The van der Waals surface area contributed by atoms with E-state index < -0.39 is 0 Å². The highest BCUT2D eigenvalue weighted by molar-refractivity contribution is 5.83. The van der Waals surface area contributed by atoms with Crippen molar-refractivity contribution in [2.24, 2.45) is 5.10 Å². The highest BCUT2D eigenvalue weighted by atomic mass is 16.5. The first kappa shape index (κ1) is 15.0. The highest BCUT2D eigenvalue weighted by Crippen LogP contribution is 2.26. The normalized spacial score (nSPS) is 10.5. The number of hydrazone groups is 1. The third-order valence-corrected chi connectivity index (χ3v) is 2.57. The Hall–Kier alpha value is -2.04. The minimum atomic E-state index is -0.0708. The fourth-order valence-corrected chi connectivity index (χ4v) is 1.51. The topological polar surface area (TPSA) is 59.9 Å². The van der Waals surface area contributed by atoms with Crippen LogP contribution in [0, 0.1) is 0 Å². The van der Waals surface area contributed by atoms with Crippen molar-refractivity contribution in [2.45, 2.75) is 26.2 Å². The van der Waals surface area contributed by atoms with Crippen LogP contribution in [0.25, 0.3) is 0 Å². The minimum Gasteiger partial charge on any atom is -0.493 e. The first-order valence-electron chi connectivity index (χ1n) is 6.25. The zero-order chi connectivity index (χ0) is 14.1. The maximum atomic E-state index is 11.3. The van der Waals surface area contributed by atoms with Gasteiger partial charge in [0.2, 0.25) is 5.91 Å². The van der Waals surface area contributed by atoms with Crippen LogP contribution in [0.15, 0.2) is 23.3 Å². The second-order valence-corrected chi connectivity index (χ2v) is 4.01. The van der Waals surface area contributed by atoms with Crippen molar-refractivity contribution < 1.29 is 14.3 Å². The third-order valence-electron chi connectivity index (χ3n) is 2.57. The molecular weight excluding hydrogens is 244 g/mol. The molecule has 0 aliphatic heterocycles. The molecule has 1 aromatic rings. The molecule has 0 aliphatic carbocycles. The molecule has 1 rings (SSSR count). The van der Waals surface area contributed by atoms with Gasteiger partial charge in [0.1, 0.15) is 0 Å². The molecule has 0 bridgehead atoms. The van der Waals surface area contributed by atoms with Gasteiger partial charge >= 0.3 is 0 Å². The maximum absolute atomic E-state index is 11.3. The average molecular weight is 264 g/mol. The zero-order valence-electron chi connectivity index (χ0n) is 11.6. The standard InChI is InChI=1S/C14H20N2O3/c1-4-5-6-14(17)16-15-10-11-7-8-12(18-2)13(9-11)19-3/h7-10H,4-6H2,1-3H3,(H,16,17). The number of amides is 1. The molecule has 19 heavy (non-hydrogen) atoms. The number of carbonyl (C=O) groups is 1. The first-order chi connectivity index (χ1) is 9.21. The van der Waals surface area contributed by atoms with Crippen molar-refractivity contribution >= 4 is 12.1 Å². The van der Waals surface area contributed by atoms with E-state index in [0.717, 1.165) is 18.4 Å². The Bertz CT molecular complexity index is 444. The highest BCUT2D eigenvalue weighted by Gasteiger charge is 2.03. The average Bonchev–Trinajstić information content (AvgIpc) is 2.44. The van der Waals surface area contributed by atoms with E-state index in [9.17, 15) is 4.79 Å². The lowest BCUT2D eigenvalue weighted by Gasteiger charge is -2.07. The molecule has 5 nitrogen and oxygen atoms in total. The van der Waals surface area contributed by atoms with Gasteiger partial charge in [0.25, 0.3) is 0 Å². The van der Waals surface area contributed by atoms with Crippen molar-refractivity contribution in [2.75, 3.05) is 14.2 Å². The summed E-state index contributed by atoms with van der Waals surface area (Å²) in [5.41, 5.74) is 3.32. The molecule has 1 N–H and O–H groups in total. The summed E-state index contributed by atoms with van der Waals surface area (Å²) in [7, 11) is 3.16. The van der Waals surface area contributed by atoms with Gasteiger partial charge in [-0.15, -0.1) is 0 Å². The van der Waals surface area contributed by atoms with E-state index in [1.54, 1.807) is 32.6 Å². The Kier molecular flexibility index (Phi) is 6.43. The number of nitrogens with zero attached hydrogens (tertiary/aromatic N) is 1. The van der Waals surface area contributed by atoms with Crippen molar-refractivity contribution in [3.63, 3.8) is 0 Å². The summed E-state index contributed by atoms with van der Waals surface area (Å²) in [4.78, 5) is 11.3. The van der Waals surface area contributed by atoms with E-state index in [1.165, 1.54) is 0 Å². The molecule has 0 aliphatic rings. The predicted molar refractivity (Wildman–Crippen MR) is 74.8 cm³/mol. The van der Waals surface area contributed by atoms with E-state index in [1.807, 2.05) is 13.0 Å². The third kappa shape index (κ3) is 4.99. The molecule has 1 aromatic carbocycles. The summed E-state index contributed by atoms with van der Waals surface area (Å²) < 4.78 is 10.3. The van der Waals surface area contributed by atoms with Gasteiger partial charge in [0, 0.05) is 6.42 Å². The molecule has 0 aromatic heterocycles. The molecular formula is C14H20N2O3. The van der Waals surface area contributed by atoms with E-state index in [-0.39, 0.29) is 5.91 Å². The van der Waals surface area contributed by atoms with Crippen LogP contribution in [0.2, 0.25) is 0 Å². The van der Waals surface area contributed by atoms with E-state index in [0.29, 0.717) is 17.9 Å². The van der Waals surface area contributed by atoms with Crippen molar-refractivity contribution in [1.29, 1.82) is 0 Å². The second kappa shape index (κ2) is 8.13. The number of hydrogen-bond donors (Lipinski definition) is 1. The molecule has 0 heterocycles. The predicted octanol–water partition coefficient (Wildman–Crippen LogP) is 2.34. The van der Waals surface area contributed by atoms with Gasteiger partial charge in [-0.1, -0.05) is 13.3 Å². The summed E-state index contributed by atoms with van der Waals surface area (Å²) in [5, 5.41) is 3.90. The van der Waals surface area contributed by atoms with Crippen LogP contribution in [-0.4, -0.2) is 26.3 Å². The summed E-state index contributed by atoms with van der Waals surface area (Å²) in [6, 6.07) is 5.42. The van der Waals surface area contributed by atoms with Crippen LogP contribution in [-0.2, 0) is 4.79 Å². The van der Waals surface area contributed by atoms with Crippen LogP contribution < -0.4 is 14.9 Å². The van der Waals surface area contributed by atoms with Crippen molar-refractivity contribution in [3.05, 3.63) is 23.8 Å². The number of methoxy groups -OCH3 is 2. The van der Waals surface area contributed by atoms with Gasteiger partial charge in [-0.05, 0) is 30.2 Å². The summed E-state index contributed by atoms with van der Waals surface area (Å²) in [5.74, 6) is 1.22. The Morgan fingerprint density at radius 3 is 2.68 bits per heavy atom. The largest absolute Gasteiger partial charge is 0.493 e. The number of unbranched alkanes of at least 4 members (excludes halogenated alkanes) is 1. The Morgan fingerprint density at radius 1 is 1.32 bits per heavy atom. The van der Waals surface area contributed by atoms with Crippen LogP contribution in [0.4, 0.5) is 0 Å². The van der Waals surface area contributed by atoms with Gasteiger partial charge in [0.15, 0.2) is 11.5 Å². The summed E-state index contributed by atoms with van der Waals surface area (Å²) in [6.45, 7) is 2.04. The smallest absolute Gasteiger partial charge is 0.240 e. The fourth-order valence-electron chi connectivity index (χ4n) is 1.51. The van der Waals surface area contributed by atoms with Crippen LogP contribution in [0.1, 0.15) is 31.7 Å². The van der Waals surface area contributed by atoms with E-state index in [4.69, 9.17) is 9.47 Å². The second-order valence-electron chi connectivity index (χ2n) is 4.01. The fraction of sp³-hybridized carbons (Fsp3) is 0.429. The lowest BCUT2D eigenvalue weighted by Crippen LogP contribution is -2.16. The number of ether oxygens (including phenoxy) is 2. The van der Waals surface area contributed by atoms with Crippen LogP contribution in [0.3, 0.4) is 0 Å². The molecule has 0 fully saturated rings. The lowest BCUT2D eigenvalue weighted by atomic mass is 10.2. The number of nitrogens with one attached hydrogen (secondary N) is 1. The van der Waals surface area contributed by atoms with Gasteiger partial charge in [-0.2, -0.15) is 5.10 Å². The number of rotatable bonds is 7. The van der Waals surface area contributed by atoms with Crippen LogP contribution in [0.5, 0.6) is 11.5 Å². The van der Waals surface area contributed by atoms with Gasteiger partial charge in [0.05, 0.1) is 20.4 Å². The molecule has 0 unspecified atom stereocenters. The molecule has 104 valence electrons. The SMILES string of the molecule is CCCCC(=O)NN=Cc1ccc(OC)c(OC)c1. The molecule has 1 amide bonds. The van der Waals surface area contributed by atoms with Crippen molar-refractivity contribution in [3.8, 4) is 11.5 Å². The van der Waals surface area contributed by atoms with Crippen LogP contribution >= 0.6 is 0 Å². The number of carbonyl (C=O) groups excluding carboxylic acids is 1. The summed E-state index contributed by atoms with van der Waals surface area (Å²) >= 11 is 0. The van der Waals surface area contributed by atoms with Crippen molar-refractivity contribution in [1.82, 2.24) is 5.43 Å². The summed E-state index contributed by atoms with van der Waals surface area (Å²) in [6.07, 6.45) is 3.94. The first-order valence-corrected chi connectivity index (χ1v) is 6.25. The zero-order valence-corrected chi connectivity index (χ0v) is 11.6. The molecule has 0 atom stereocenters.